The number of thioether (sulfide) groups is 1. The second-order valence-corrected chi connectivity index (χ2v) is 5.25. The number of hydrogen-bond donors (Lipinski definition) is 2. The van der Waals surface area contributed by atoms with E-state index in [9.17, 15) is 13.2 Å². The van der Waals surface area contributed by atoms with Gasteiger partial charge < -0.3 is 10.4 Å². The molecule has 0 aliphatic heterocycles. The molecule has 0 aliphatic rings. The lowest BCUT2D eigenvalue weighted by atomic mass is 10.2. The third-order valence-electron chi connectivity index (χ3n) is 2.29. The summed E-state index contributed by atoms with van der Waals surface area (Å²) in [5.74, 6) is 0.171. The Morgan fingerprint density at radius 3 is 2.39 bits per heavy atom. The maximum absolute atomic E-state index is 12.1. The molecule has 0 heterocycles. The van der Waals surface area contributed by atoms with Crippen molar-refractivity contribution < 1.29 is 18.3 Å². The highest BCUT2D eigenvalue weighted by Crippen LogP contribution is 2.36. The van der Waals surface area contributed by atoms with Crippen LogP contribution in [0.5, 0.6) is 0 Å². The molecule has 0 aliphatic carbocycles. The van der Waals surface area contributed by atoms with E-state index >= 15 is 0 Å². The van der Waals surface area contributed by atoms with Crippen LogP contribution in [0.4, 0.5) is 13.2 Å². The minimum Gasteiger partial charge on any atom is -0.396 e. The van der Waals surface area contributed by atoms with Gasteiger partial charge in [-0.15, -0.1) is 0 Å². The molecule has 0 amide bonds. The molecular formula is C12H16F3NOS. The van der Waals surface area contributed by atoms with E-state index < -0.39 is 5.51 Å². The predicted molar refractivity (Wildman–Crippen MR) is 66.3 cm³/mol. The molecule has 0 fully saturated rings. The van der Waals surface area contributed by atoms with Crippen molar-refractivity contribution in [2.75, 3.05) is 13.2 Å². The van der Waals surface area contributed by atoms with Gasteiger partial charge in [0.15, 0.2) is 0 Å². The summed E-state index contributed by atoms with van der Waals surface area (Å²) in [5, 5.41) is 12.0. The number of aliphatic hydroxyl groups is 1. The number of alkyl halides is 3. The number of hydrogen-bond acceptors (Lipinski definition) is 3. The van der Waals surface area contributed by atoms with Crippen LogP contribution < -0.4 is 5.32 Å². The predicted octanol–water partition coefficient (Wildman–Crippen LogP) is 3.02. The van der Waals surface area contributed by atoms with E-state index in [-0.39, 0.29) is 29.2 Å². The van der Waals surface area contributed by atoms with Gasteiger partial charge in [-0.1, -0.05) is 19.1 Å². The molecule has 2 N–H and O–H groups in total. The molecule has 1 rings (SSSR count). The first-order valence-corrected chi connectivity index (χ1v) is 6.38. The largest absolute Gasteiger partial charge is 0.446 e. The van der Waals surface area contributed by atoms with Crippen molar-refractivity contribution >= 4 is 11.8 Å². The second-order valence-electron chi connectivity index (χ2n) is 4.11. The molecule has 18 heavy (non-hydrogen) atoms. The number of halogens is 3. The van der Waals surface area contributed by atoms with Crippen LogP contribution in [-0.2, 0) is 6.54 Å². The SMILES string of the molecule is CC(CO)CNCc1ccc(SC(F)(F)F)cc1. The van der Waals surface area contributed by atoms with Crippen molar-refractivity contribution in [2.24, 2.45) is 5.92 Å². The maximum atomic E-state index is 12.1. The van der Waals surface area contributed by atoms with Gasteiger partial charge in [-0.25, -0.2) is 0 Å². The zero-order valence-corrected chi connectivity index (χ0v) is 10.8. The summed E-state index contributed by atoms with van der Waals surface area (Å²) in [6.07, 6.45) is 0. The van der Waals surface area contributed by atoms with E-state index in [0.29, 0.717) is 13.1 Å². The fourth-order valence-electron chi connectivity index (χ4n) is 1.34. The lowest BCUT2D eigenvalue weighted by molar-refractivity contribution is -0.0328. The highest BCUT2D eigenvalue weighted by Gasteiger charge is 2.28. The molecule has 1 aromatic rings. The molecule has 0 spiro atoms. The molecule has 0 radical (unpaired) electrons. The summed E-state index contributed by atoms with van der Waals surface area (Å²) in [5.41, 5.74) is -3.32. The van der Waals surface area contributed by atoms with Gasteiger partial charge in [-0.3, -0.25) is 0 Å². The van der Waals surface area contributed by atoms with Gasteiger partial charge in [0, 0.05) is 24.6 Å². The molecule has 102 valence electrons. The fraction of sp³-hybridized carbons (Fsp3) is 0.500. The standard InChI is InChI=1S/C12H16F3NOS/c1-9(8-17)6-16-7-10-2-4-11(5-3-10)18-12(13,14)15/h2-5,9,16-17H,6-8H2,1H3. The van der Waals surface area contributed by atoms with E-state index in [1.807, 2.05) is 6.92 Å². The highest BCUT2D eigenvalue weighted by molar-refractivity contribution is 8.00. The van der Waals surface area contributed by atoms with Gasteiger partial charge in [0.2, 0.25) is 0 Å². The summed E-state index contributed by atoms with van der Waals surface area (Å²) < 4.78 is 36.3. The Morgan fingerprint density at radius 1 is 1.28 bits per heavy atom. The van der Waals surface area contributed by atoms with E-state index in [2.05, 4.69) is 5.32 Å². The Labute approximate surface area is 109 Å². The molecule has 0 saturated heterocycles. The molecule has 1 atom stereocenters. The van der Waals surface area contributed by atoms with Crippen molar-refractivity contribution in [1.82, 2.24) is 5.32 Å². The van der Waals surface area contributed by atoms with E-state index in [1.165, 1.54) is 12.1 Å². The summed E-state index contributed by atoms with van der Waals surface area (Å²) in [7, 11) is 0. The third kappa shape index (κ3) is 6.28. The minimum absolute atomic E-state index is 0.112. The number of aliphatic hydroxyl groups excluding tert-OH is 1. The highest BCUT2D eigenvalue weighted by atomic mass is 32.2. The molecule has 2 nitrogen and oxygen atoms in total. The smallest absolute Gasteiger partial charge is 0.396 e. The minimum atomic E-state index is -4.24. The quantitative estimate of drug-likeness (QED) is 0.785. The molecule has 0 bridgehead atoms. The first-order chi connectivity index (χ1) is 8.40. The Bertz CT molecular complexity index is 353. The van der Waals surface area contributed by atoms with Gasteiger partial charge in [-0.2, -0.15) is 13.2 Å². The lowest BCUT2D eigenvalue weighted by Gasteiger charge is -2.10. The van der Waals surface area contributed by atoms with Gasteiger partial charge in [0.05, 0.1) is 0 Å². The van der Waals surface area contributed by atoms with Crippen LogP contribution in [0.1, 0.15) is 12.5 Å². The summed E-state index contributed by atoms with van der Waals surface area (Å²) in [6.45, 7) is 3.29. The Balaban J connectivity index is 2.41. The van der Waals surface area contributed by atoms with Crippen LogP contribution in [0, 0.1) is 5.92 Å². The molecule has 1 aromatic carbocycles. The van der Waals surface area contributed by atoms with Crippen LogP contribution in [0.25, 0.3) is 0 Å². The third-order valence-corrected chi connectivity index (χ3v) is 3.03. The monoisotopic (exact) mass is 279 g/mol. The van der Waals surface area contributed by atoms with Gasteiger partial charge in [-0.05, 0) is 35.4 Å². The number of benzene rings is 1. The first kappa shape index (κ1) is 15.3. The zero-order valence-electron chi connectivity index (χ0n) is 10.00. The second kappa shape index (κ2) is 7.01. The van der Waals surface area contributed by atoms with Crippen molar-refractivity contribution in [3.8, 4) is 0 Å². The average Bonchev–Trinajstić information content (AvgIpc) is 2.29. The zero-order chi connectivity index (χ0) is 13.6. The fourth-order valence-corrected chi connectivity index (χ4v) is 1.88. The normalized spacial score (nSPS) is 13.6. The van der Waals surface area contributed by atoms with Crippen LogP contribution in [0.2, 0.25) is 0 Å². The van der Waals surface area contributed by atoms with E-state index in [4.69, 9.17) is 5.11 Å². The van der Waals surface area contributed by atoms with Crippen molar-refractivity contribution in [1.29, 1.82) is 0 Å². The number of rotatable bonds is 6. The lowest BCUT2D eigenvalue weighted by Crippen LogP contribution is -2.22. The summed E-state index contributed by atoms with van der Waals surface area (Å²) in [6, 6.07) is 6.27. The molecular weight excluding hydrogens is 263 g/mol. The average molecular weight is 279 g/mol. The summed E-state index contributed by atoms with van der Waals surface area (Å²) in [4.78, 5) is 0.190. The topological polar surface area (TPSA) is 32.3 Å². The van der Waals surface area contributed by atoms with Crippen molar-refractivity contribution in [3.63, 3.8) is 0 Å². The van der Waals surface area contributed by atoms with Crippen LogP contribution in [-0.4, -0.2) is 23.8 Å². The molecule has 0 saturated carbocycles. The van der Waals surface area contributed by atoms with Crippen LogP contribution in [0.3, 0.4) is 0 Å². The Kier molecular flexibility index (Phi) is 5.98. The van der Waals surface area contributed by atoms with Gasteiger partial charge in [0.25, 0.3) is 0 Å². The van der Waals surface area contributed by atoms with Crippen molar-refractivity contribution in [2.45, 2.75) is 23.9 Å². The van der Waals surface area contributed by atoms with E-state index in [0.717, 1.165) is 5.56 Å². The van der Waals surface area contributed by atoms with Gasteiger partial charge >= 0.3 is 5.51 Å². The molecule has 0 aromatic heterocycles. The molecule has 6 heteroatoms. The van der Waals surface area contributed by atoms with Crippen molar-refractivity contribution in [3.05, 3.63) is 29.8 Å². The maximum Gasteiger partial charge on any atom is 0.446 e. The van der Waals surface area contributed by atoms with Crippen LogP contribution >= 0.6 is 11.8 Å². The Hall–Kier alpha value is -0.720. The summed E-state index contributed by atoms with van der Waals surface area (Å²) >= 11 is -0.112. The Morgan fingerprint density at radius 2 is 1.89 bits per heavy atom. The van der Waals surface area contributed by atoms with Crippen LogP contribution in [0.15, 0.2) is 29.2 Å². The molecule has 1 unspecified atom stereocenters. The first-order valence-electron chi connectivity index (χ1n) is 5.57. The number of nitrogens with one attached hydrogen (secondary N) is 1. The van der Waals surface area contributed by atoms with E-state index in [1.54, 1.807) is 12.1 Å². The van der Waals surface area contributed by atoms with Gasteiger partial charge in [0.1, 0.15) is 0 Å².